The highest BCUT2D eigenvalue weighted by molar-refractivity contribution is 6.67. The molecule has 0 nitrogen and oxygen atoms in total. The van der Waals surface area contributed by atoms with Gasteiger partial charge in [0.05, 0.1) is 11.2 Å². The topological polar surface area (TPSA) is 0 Å². The van der Waals surface area contributed by atoms with Gasteiger partial charge in [0.15, 0.2) is 9.42 Å². The Hall–Kier alpha value is 2.54. The first-order valence-electron chi connectivity index (χ1n) is 4.07. The van der Waals surface area contributed by atoms with Gasteiger partial charge in [0.25, 0.3) is 0 Å². The second-order valence-corrected chi connectivity index (χ2v) is 6.67. The van der Waals surface area contributed by atoms with Crippen LogP contribution < -0.4 is 0 Å². The van der Waals surface area contributed by atoms with Crippen molar-refractivity contribution in [3.05, 3.63) is 0 Å². The summed E-state index contributed by atoms with van der Waals surface area (Å²) in [4.78, 5) is 0. The molecule has 18 heavy (non-hydrogen) atoms. The first kappa shape index (κ1) is 32.5. The number of rotatable bonds is 1. The van der Waals surface area contributed by atoms with E-state index in [1.165, 1.54) is 13.3 Å². The number of hydrogen-bond acceptors (Lipinski definition) is 0. The minimum Gasteiger partial charge on any atom is -0.229 e. The van der Waals surface area contributed by atoms with Crippen LogP contribution >= 0.6 is 104 Å². The Morgan fingerprint density at radius 2 is 1.06 bits per heavy atom. The van der Waals surface area contributed by atoms with Gasteiger partial charge in [-0.15, -0.1) is 58.0 Å². The third kappa shape index (κ3) is 277. The number of halogens is 10. The third-order valence-electron chi connectivity index (χ3n) is 0.117. The molecule has 1 unspecified atom stereocenters. The van der Waals surface area contributed by atoms with E-state index in [-0.39, 0.29) is 11.2 Å². The van der Waals surface area contributed by atoms with Crippen molar-refractivity contribution in [3.63, 3.8) is 0 Å². The fourth-order valence-corrected chi connectivity index (χ4v) is 0. The molecule has 118 valence electrons. The lowest BCUT2D eigenvalue weighted by Crippen LogP contribution is -1.87. The van der Waals surface area contributed by atoms with Crippen LogP contribution in [-0.4, -0.2) is 32.9 Å². The Bertz CT molecular complexity index is 89.1. The summed E-state index contributed by atoms with van der Waals surface area (Å²) in [5.74, 6) is 0.599. The predicted octanol–water partition coefficient (Wildman–Crippen LogP) is 7.66. The predicted molar refractivity (Wildman–Crippen MR) is 92.2 cm³/mol. The van der Waals surface area contributed by atoms with Crippen LogP contribution in [0.3, 0.4) is 0 Å². The van der Waals surface area contributed by atoms with Crippen LogP contribution in [0.1, 0.15) is 13.8 Å². The van der Waals surface area contributed by atoms with Crippen LogP contribution in [0, 0.1) is 0 Å². The summed E-state index contributed by atoms with van der Waals surface area (Å²) < 4.78 is 9.98. The summed E-state index contributed by atoms with van der Waals surface area (Å²) in [5, 5.41) is 0.194. The largest absolute Gasteiger partial charge is 0.229 e. The van der Waals surface area contributed by atoms with Crippen molar-refractivity contribution in [2.45, 2.75) is 23.3 Å². The van der Waals surface area contributed by atoms with Crippen molar-refractivity contribution in [2.24, 2.45) is 0 Å². The molecule has 0 fully saturated rings. The molecule has 0 aliphatic heterocycles. The van der Waals surface area contributed by atoms with Crippen molar-refractivity contribution < 1.29 is 4.39 Å². The maximum Gasteiger partial charge on any atom is 0.187 e. The average molecular weight is 450 g/mol. The molecule has 0 aliphatic carbocycles. The quantitative estimate of drug-likeness (QED) is 0.360. The normalized spacial score (nSPS) is 9.83. The van der Waals surface area contributed by atoms with Crippen molar-refractivity contribution in [3.8, 4) is 0 Å². The van der Waals surface area contributed by atoms with Crippen LogP contribution in [0.15, 0.2) is 0 Å². The molecule has 0 amide bonds. The van der Waals surface area contributed by atoms with Crippen LogP contribution in [0.4, 0.5) is 4.39 Å². The SMILES string of the molecule is CC(Cl)(Cl)Cl.CCCl.CCl.ClCCl.FC(Cl)CCl. The minimum atomic E-state index is -1.38. The molecule has 1 atom stereocenters. The Balaban J connectivity index is -0.0000000409. The Kier molecular flexibility index (Phi) is 57.3. The highest BCUT2D eigenvalue weighted by Crippen LogP contribution is 2.23. The summed E-state index contributed by atoms with van der Waals surface area (Å²) in [5.41, 5.74) is -1.38. The van der Waals surface area contributed by atoms with E-state index in [9.17, 15) is 4.39 Å². The van der Waals surface area contributed by atoms with Crippen molar-refractivity contribution in [1.82, 2.24) is 0 Å². The Morgan fingerprint density at radius 3 is 1.06 bits per heavy atom. The molecule has 0 aromatic rings. The molecule has 0 aromatic carbocycles. The van der Waals surface area contributed by atoms with Crippen LogP contribution in [0.2, 0.25) is 0 Å². The van der Waals surface area contributed by atoms with Gasteiger partial charge in [-0.25, -0.2) is 4.39 Å². The maximum atomic E-state index is 11.1. The second-order valence-electron chi connectivity index (χ2n) is 1.69. The minimum absolute atomic E-state index is 0.123. The first-order valence-corrected chi connectivity index (χ1v) is 8.53. The molecule has 0 N–H and O–H groups in total. The zero-order chi connectivity index (χ0) is 16.2. The number of hydrogen-bond donors (Lipinski definition) is 0. The molecule has 0 heterocycles. The smallest absolute Gasteiger partial charge is 0.187 e. The van der Waals surface area contributed by atoms with Crippen LogP contribution in [-0.2, 0) is 0 Å². The summed E-state index contributed by atoms with van der Waals surface area (Å²) >= 11 is 43.8. The van der Waals surface area contributed by atoms with Crippen molar-refractivity contribution in [1.29, 1.82) is 0 Å². The van der Waals surface area contributed by atoms with Crippen LogP contribution in [0.25, 0.3) is 0 Å². The summed E-state index contributed by atoms with van der Waals surface area (Å²) in [7, 11) is 0. The molecular weight excluding hydrogens is 434 g/mol. The molecule has 0 aromatic heterocycles. The van der Waals surface area contributed by atoms with Gasteiger partial charge in [-0.1, -0.05) is 53.3 Å². The lowest BCUT2D eigenvalue weighted by molar-refractivity contribution is 0.479. The van der Waals surface area contributed by atoms with Crippen LogP contribution in [0.5, 0.6) is 0 Å². The zero-order valence-corrected chi connectivity index (χ0v) is 16.8. The van der Waals surface area contributed by atoms with E-state index in [0.717, 1.165) is 5.88 Å². The molecule has 0 radical (unpaired) electrons. The molecular formula is C8H16Cl9F. The average Bonchev–Trinajstić information content (AvgIpc) is 2.20. The maximum absolute atomic E-state index is 11.1. The van der Waals surface area contributed by atoms with E-state index >= 15 is 0 Å². The molecule has 0 rings (SSSR count). The molecule has 0 bridgehead atoms. The highest BCUT2D eigenvalue weighted by Gasteiger charge is 2.07. The summed E-state index contributed by atoms with van der Waals surface area (Å²) in [6.07, 6.45) is 1.47. The standard InChI is InChI=1S/C2H3Cl3.C2H3Cl2F.C2H5Cl.CH2Cl2.CH3Cl/c1-2(3,4)5;3-1-2(4)5;1-2-3;2-1-3;1-2/h1H3;2H,1H2;2H2,1H3;1H2;1H3. The van der Waals surface area contributed by atoms with Gasteiger partial charge in [0.1, 0.15) is 0 Å². The second kappa shape index (κ2) is 31.8. The van der Waals surface area contributed by atoms with Gasteiger partial charge >= 0.3 is 0 Å². The zero-order valence-electron chi connectivity index (χ0n) is 9.98. The fourth-order valence-electron chi connectivity index (χ4n) is 0. The van der Waals surface area contributed by atoms with Gasteiger partial charge in [0, 0.05) is 12.3 Å². The van der Waals surface area contributed by atoms with Gasteiger partial charge in [-0.3, -0.25) is 0 Å². The van der Waals surface area contributed by atoms with Gasteiger partial charge < -0.3 is 0 Å². The summed E-state index contributed by atoms with van der Waals surface area (Å²) in [6.45, 7) is 3.37. The van der Waals surface area contributed by atoms with Gasteiger partial charge in [0.2, 0.25) is 0 Å². The Morgan fingerprint density at radius 1 is 1.00 bits per heavy atom. The first-order chi connectivity index (χ1) is 8.10. The lowest BCUT2D eigenvalue weighted by Gasteiger charge is -1.94. The summed E-state index contributed by atoms with van der Waals surface area (Å²) in [6, 6.07) is 0. The van der Waals surface area contributed by atoms with E-state index in [2.05, 4.69) is 23.2 Å². The number of alkyl halides is 10. The van der Waals surface area contributed by atoms with Crippen molar-refractivity contribution >= 4 is 104 Å². The molecule has 0 spiro atoms. The van der Waals surface area contributed by atoms with Crippen molar-refractivity contribution in [2.75, 3.05) is 23.5 Å². The van der Waals surface area contributed by atoms with E-state index in [1.807, 2.05) is 6.92 Å². The lowest BCUT2D eigenvalue weighted by atomic mass is 10.9. The highest BCUT2D eigenvalue weighted by atomic mass is 35.6. The Labute approximate surface area is 154 Å². The third-order valence-corrected chi connectivity index (χ3v) is 0.700. The van der Waals surface area contributed by atoms with E-state index < -0.39 is 9.42 Å². The molecule has 10 heteroatoms. The van der Waals surface area contributed by atoms with E-state index in [1.54, 1.807) is 0 Å². The fraction of sp³-hybridized carbons (Fsp3) is 1.00. The van der Waals surface area contributed by atoms with Gasteiger partial charge in [-0.2, -0.15) is 0 Å². The molecule has 0 aliphatic rings. The molecule has 0 saturated carbocycles. The van der Waals surface area contributed by atoms with Gasteiger partial charge in [-0.05, 0) is 6.92 Å². The molecule has 0 saturated heterocycles. The van der Waals surface area contributed by atoms with E-state index in [4.69, 9.17) is 81.2 Å². The monoisotopic (exact) mass is 446 g/mol. The van der Waals surface area contributed by atoms with E-state index in [0.29, 0.717) is 0 Å².